The summed E-state index contributed by atoms with van der Waals surface area (Å²) in [4.78, 5) is 15.8. The van der Waals surface area contributed by atoms with E-state index < -0.39 is 0 Å². The highest BCUT2D eigenvalue weighted by atomic mass is 79.9. The van der Waals surface area contributed by atoms with Crippen LogP contribution < -0.4 is 10.6 Å². The number of anilines is 1. The van der Waals surface area contributed by atoms with Crippen molar-refractivity contribution in [2.45, 2.75) is 13.0 Å². The standard InChI is InChI=1S/C15H16BrN3O/c16-13-4-1-5-14(9-13)19-15(20)6-8-18-11-12-3-2-7-17-10-12/h1-5,7,9-10,18H,6,8,11H2,(H,19,20). The Morgan fingerprint density at radius 3 is 2.90 bits per heavy atom. The van der Waals surface area contributed by atoms with Crippen molar-refractivity contribution < 1.29 is 4.79 Å². The second kappa shape index (κ2) is 7.77. The van der Waals surface area contributed by atoms with Gasteiger partial charge in [-0.2, -0.15) is 0 Å². The molecule has 0 radical (unpaired) electrons. The van der Waals surface area contributed by atoms with E-state index in [1.165, 1.54) is 0 Å². The number of carbonyl (C=O) groups excluding carboxylic acids is 1. The Bertz CT molecular complexity index is 560. The molecule has 0 aliphatic carbocycles. The van der Waals surface area contributed by atoms with Crippen LogP contribution in [-0.2, 0) is 11.3 Å². The minimum Gasteiger partial charge on any atom is -0.326 e. The number of nitrogens with one attached hydrogen (secondary N) is 2. The molecule has 5 heteroatoms. The summed E-state index contributed by atoms with van der Waals surface area (Å²) in [5.41, 5.74) is 1.91. The van der Waals surface area contributed by atoms with Crippen molar-refractivity contribution in [3.8, 4) is 0 Å². The molecule has 0 saturated heterocycles. The molecule has 1 aromatic heterocycles. The van der Waals surface area contributed by atoms with Gasteiger partial charge >= 0.3 is 0 Å². The molecule has 4 nitrogen and oxygen atoms in total. The van der Waals surface area contributed by atoms with Crippen molar-refractivity contribution in [2.75, 3.05) is 11.9 Å². The van der Waals surface area contributed by atoms with Crippen LogP contribution in [0.1, 0.15) is 12.0 Å². The quantitative estimate of drug-likeness (QED) is 0.799. The number of halogens is 1. The maximum absolute atomic E-state index is 11.8. The molecule has 0 bridgehead atoms. The largest absolute Gasteiger partial charge is 0.326 e. The van der Waals surface area contributed by atoms with Crippen molar-refractivity contribution in [2.24, 2.45) is 0 Å². The van der Waals surface area contributed by atoms with Crippen LogP contribution in [0.25, 0.3) is 0 Å². The summed E-state index contributed by atoms with van der Waals surface area (Å²) in [5, 5.41) is 6.08. The number of aromatic nitrogens is 1. The van der Waals surface area contributed by atoms with Gasteiger partial charge in [0.2, 0.25) is 5.91 Å². The fraction of sp³-hybridized carbons (Fsp3) is 0.200. The topological polar surface area (TPSA) is 54.0 Å². The van der Waals surface area contributed by atoms with Gasteiger partial charge in [-0.05, 0) is 29.8 Å². The molecule has 1 amide bonds. The van der Waals surface area contributed by atoms with Gasteiger partial charge in [0.25, 0.3) is 0 Å². The molecule has 2 N–H and O–H groups in total. The molecule has 0 atom stereocenters. The summed E-state index contributed by atoms with van der Waals surface area (Å²) < 4.78 is 0.949. The minimum atomic E-state index is 0.00165. The summed E-state index contributed by atoms with van der Waals surface area (Å²) in [7, 11) is 0. The number of pyridine rings is 1. The van der Waals surface area contributed by atoms with Crippen molar-refractivity contribution in [3.63, 3.8) is 0 Å². The average molecular weight is 334 g/mol. The van der Waals surface area contributed by atoms with Gasteiger partial charge in [-0.15, -0.1) is 0 Å². The van der Waals surface area contributed by atoms with Crippen LogP contribution in [-0.4, -0.2) is 17.4 Å². The van der Waals surface area contributed by atoms with E-state index in [9.17, 15) is 4.79 Å². The summed E-state index contributed by atoms with van der Waals surface area (Å²) in [6, 6.07) is 11.5. The highest BCUT2D eigenvalue weighted by Gasteiger charge is 2.02. The third-order valence-corrected chi connectivity index (χ3v) is 3.18. The molecule has 1 heterocycles. The number of benzene rings is 1. The summed E-state index contributed by atoms with van der Waals surface area (Å²) in [6.45, 7) is 1.35. The second-order valence-electron chi connectivity index (χ2n) is 4.35. The van der Waals surface area contributed by atoms with E-state index in [2.05, 4.69) is 31.5 Å². The monoisotopic (exact) mass is 333 g/mol. The predicted octanol–water partition coefficient (Wildman–Crippen LogP) is 2.96. The van der Waals surface area contributed by atoms with E-state index in [1.54, 1.807) is 6.20 Å². The fourth-order valence-corrected chi connectivity index (χ4v) is 2.13. The molecule has 20 heavy (non-hydrogen) atoms. The van der Waals surface area contributed by atoms with E-state index in [-0.39, 0.29) is 5.91 Å². The molecule has 0 spiro atoms. The zero-order valence-electron chi connectivity index (χ0n) is 11.0. The lowest BCUT2D eigenvalue weighted by Gasteiger charge is -2.07. The Labute approximate surface area is 126 Å². The number of carbonyl (C=O) groups is 1. The molecule has 0 saturated carbocycles. The molecule has 104 valence electrons. The van der Waals surface area contributed by atoms with Crippen LogP contribution in [0.15, 0.2) is 53.3 Å². The minimum absolute atomic E-state index is 0.00165. The molecule has 0 fully saturated rings. The highest BCUT2D eigenvalue weighted by molar-refractivity contribution is 9.10. The molecular weight excluding hydrogens is 318 g/mol. The van der Waals surface area contributed by atoms with Crippen molar-refractivity contribution >= 4 is 27.5 Å². The van der Waals surface area contributed by atoms with Crippen LogP contribution in [0.5, 0.6) is 0 Å². The van der Waals surface area contributed by atoms with Crippen molar-refractivity contribution in [1.29, 1.82) is 0 Å². The molecule has 0 aliphatic heterocycles. The first-order valence-electron chi connectivity index (χ1n) is 6.39. The summed E-state index contributed by atoms with van der Waals surface area (Å²) in [6.07, 6.45) is 4.00. The highest BCUT2D eigenvalue weighted by Crippen LogP contribution is 2.15. The smallest absolute Gasteiger partial charge is 0.225 e. The van der Waals surface area contributed by atoms with Gasteiger partial charge in [0.15, 0.2) is 0 Å². The number of rotatable bonds is 6. The first kappa shape index (κ1) is 14.7. The maximum atomic E-state index is 11.8. The lowest BCUT2D eigenvalue weighted by atomic mass is 10.3. The van der Waals surface area contributed by atoms with Gasteiger partial charge in [-0.1, -0.05) is 28.1 Å². The number of nitrogens with zero attached hydrogens (tertiary/aromatic N) is 1. The lowest BCUT2D eigenvalue weighted by Crippen LogP contribution is -2.21. The predicted molar refractivity (Wildman–Crippen MR) is 83.3 cm³/mol. The van der Waals surface area contributed by atoms with E-state index >= 15 is 0 Å². The van der Waals surface area contributed by atoms with Crippen molar-refractivity contribution in [1.82, 2.24) is 10.3 Å². The van der Waals surface area contributed by atoms with Crippen LogP contribution in [0, 0.1) is 0 Å². The van der Waals surface area contributed by atoms with Gasteiger partial charge in [-0.3, -0.25) is 9.78 Å². The fourth-order valence-electron chi connectivity index (χ4n) is 1.73. The Morgan fingerprint density at radius 2 is 2.15 bits per heavy atom. The zero-order chi connectivity index (χ0) is 14.2. The number of hydrogen-bond donors (Lipinski definition) is 2. The van der Waals surface area contributed by atoms with E-state index in [0.29, 0.717) is 13.0 Å². The Kier molecular flexibility index (Phi) is 5.70. The maximum Gasteiger partial charge on any atom is 0.225 e. The van der Waals surface area contributed by atoms with Gasteiger partial charge in [0, 0.05) is 42.1 Å². The Balaban J connectivity index is 1.68. The second-order valence-corrected chi connectivity index (χ2v) is 5.26. The van der Waals surface area contributed by atoms with E-state index in [0.717, 1.165) is 22.3 Å². The molecule has 1 aromatic carbocycles. The third-order valence-electron chi connectivity index (χ3n) is 2.69. The van der Waals surface area contributed by atoms with Gasteiger partial charge in [-0.25, -0.2) is 0 Å². The first-order valence-corrected chi connectivity index (χ1v) is 7.18. The van der Waals surface area contributed by atoms with E-state index in [1.807, 2.05) is 42.6 Å². The summed E-state index contributed by atoms with van der Waals surface area (Å²) >= 11 is 3.37. The SMILES string of the molecule is O=C(CCNCc1cccnc1)Nc1cccc(Br)c1. The Morgan fingerprint density at radius 1 is 1.25 bits per heavy atom. The van der Waals surface area contributed by atoms with Gasteiger partial charge in [0.1, 0.15) is 0 Å². The van der Waals surface area contributed by atoms with Crippen molar-refractivity contribution in [3.05, 3.63) is 58.8 Å². The van der Waals surface area contributed by atoms with Crippen LogP contribution in [0.4, 0.5) is 5.69 Å². The van der Waals surface area contributed by atoms with Crippen LogP contribution in [0.3, 0.4) is 0 Å². The van der Waals surface area contributed by atoms with Crippen LogP contribution >= 0.6 is 15.9 Å². The van der Waals surface area contributed by atoms with E-state index in [4.69, 9.17) is 0 Å². The zero-order valence-corrected chi connectivity index (χ0v) is 12.6. The lowest BCUT2D eigenvalue weighted by molar-refractivity contribution is -0.116. The molecule has 0 aliphatic rings. The summed E-state index contributed by atoms with van der Waals surface area (Å²) in [5.74, 6) is 0.00165. The Hall–Kier alpha value is -1.72. The normalized spacial score (nSPS) is 10.2. The van der Waals surface area contributed by atoms with Crippen LogP contribution in [0.2, 0.25) is 0 Å². The number of hydrogen-bond acceptors (Lipinski definition) is 3. The molecular formula is C15H16BrN3O. The average Bonchev–Trinajstić information content (AvgIpc) is 2.45. The molecule has 0 unspecified atom stereocenters. The third kappa shape index (κ3) is 5.11. The van der Waals surface area contributed by atoms with Gasteiger partial charge in [0.05, 0.1) is 0 Å². The number of amides is 1. The molecule has 2 rings (SSSR count). The van der Waals surface area contributed by atoms with Gasteiger partial charge < -0.3 is 10.6 Å². The molecule has 2 aromatic rings. The first-order chi connectivity index (χ1) is 9.74.